The van der Waals surface area contributed by atoms with Crippen molar-refractivity contribution in [2.75, 3.05) is 18.0 Å². The van der Waals surface area contributed by atoms with Crippen molar-refractivity contribution in [3.8, 4) is 0 Å². The number of rotatable bonds is 1. The maximum Gasteiger partial charge on any atom is 0.0726 e. The van der Waals surface area contributed by atoms with Crippen molar-refractivity contribution >= 4 is 16.6 Å². The van der Waals surface area contributed by atoms with Gasteiger partial charge in [0, 0.05) is 29.9 Å². The lowest BCUT2D eigenvalue weighted by Crippen LogP contribution is -2.19. The zero-order chi connectivity index (χ0) is 11.8. The summed E-state index contributed by atoms with van der Waals surface area (Å²) < 4.78 is 0. The summed E-state index contributed by atoms with van der Waals surface area (Å²) in [6.07, 6.45) is 2.63. The number of hydrogen-bond donors (Lipinski definition) is 0. The van der Waals surface area contributed by atoms with E-state index in [-0.39, 0.29) is 0 Å². The topological polar surface area (TPSA) is 16.1 Å². The van der Waals surface area contributed by atoms with E-state index in [2.05, 4.69) is 48.0 Å². The highest BCUT2D eigenvalue weighted by Crippen LogP contribution is 2.32. The van der Waals surface area contributed by atoms with Gasteiger partial charge in [0.2, 0.25) is 0 Å². The zero-order valence-electron chi connectivity index (χ0n) is 10.5. The zero-order valence-corrected chi connectivity index (χ0v) is 10.5. The summed E-state index contributed by atoms with van der Waals surface area (Å²) in [5.41, 5.74) is 4.98. The predicted molar refractivity (Wildman–Crippen MR) is 72.7 cm³/mol. The number of hydrogen-bond acceptors (Lipinski definition) is 2. The van der Waals surface area contributed by atoms with Crippen molar-refractivity contribution in [1.82, 2.24) is 4.98 Å². The van der Waals surface area contributed by atoms with Gasteiger partial charge in [0.05, 0.1) is 5.52 Å². The van der Waals surface area contributed by atoms with Crippen LogP contribution in [0.25, 0.3) is 10.9 Å². The fraction of sp³-hybridized carbons (Fsp3) is 0.400. The summed E-state index contributed by atoms with van der Waals surface area (Å²) in [5, 5.41) is 1.30. The van der Waals surface area contributed by atoms with Gasteiger partial charge in [0.15, 0.2) is 0 Å². The minimum Gasteiger partial charge on any atom is -0.371 e. The first-order chi connectivity index (χ1) is 8.25. The van der Waals surface area contributed by atoms with Crippen molar-refractivity contribution in [3.05, 3.63) is 35.5 Å². The van der Waals surface area contributed by atoms with E-state index in [1.54, 1.807) is 0 Å². The molecule has 17 heavy (non-hydrogen) atoms. The second kappa shape index (κ2) is 4.02. The molecule has 3 rings (SSSR count). The molecule has 0 saturated carbocycles. The second-order valence-corrected chi connectivity index (χ2v) is 4.94. The average molecular weight is 226 g/mol. The largest absolute Gasteiger partial charge is 0.371 e. The third kappa shape index (κ3) is 1.78. The monoisotopic (exact) mass is 226 g/mol. The highest BCUT2D eigenvalue weighted by molar-refractivity contribution is 5.93. The Morgan fingerprint density at radius 3 is 2.53 bits per heavy atom. The first-order valence-electron chi connectivity index (χ1n) is 6.37. The molecule has 1 aromatic carbocycles. The fourth-order valence-electron chi connectivity index (χ4n) is 2.76. The summed E-state index contributed by atoms with van der Waals surface area (Å²) >= 11 is 0. The van der Waals surface area contributed by atoms with E-state index in [4.69, 9.17) is 0 Å². The number of aryl methyl sites for hydroxylation is 2. The maximum atomic E-state index is 4.62. The molecule has 1 aromatic heterocycles. The summed E-state index contributed by atoms with van der Waals surface area (Å²) in [6.45, 7) is 6.63. The molecule has 1 aliphatic heterocycles. The Bertz CT molecular complexity index is 554. The summed E-state index contributed by atoms with van der Waals surface area (Å²) in [4.78, 5) is 7.13. The molecule has 2 nitrogen and oxygen atoms in total. The molecule has 0 bridgehead atoms. The Morgan fingerprint density at radius 1 is 1.00 bits per heavy atom. The first kappa shape index (κ1) is 10.6. The molecular weight excluding hydrogens is 208 g/mol. The van der Waals surface area contributed by atoms with E-state index in [0.717, 1.165) is 11.2 Å². The average Bonchev–Trinajstić information content (AvgIpc) is 2.82. The molecule has 0 aliphatic carbocycles. The Morgan fingerprint density at radius 2 is 1.76 bits per heavy atom. The van der Waals surface area contributed by atoms with Crippen molar-refractivity contribution in [3.63, 3.8) is 0 Å². The molecule has 88 valence electrons. The maximum absolute atomic E-state index is 4.62. The summed E-state index contributed by atoms with van der Waals surface area (Å²) in [6, 6.07) is 8.67. The van der Waals surface area contributed by atoms with Crippen LogP contribution in [0.15, 0.2) is 24.3 Å². The fourth-order valence-corrected chi connectivity index (χ4v) is 2.76. The molecule has 2 aromatic rings. The van der Waals surface area contributed by atoms with Gasteiger partial charge in [-0.3, -0.25) is 4.98 Å². The van der Waals surface area contributed by atoms with Gasteiger partial charge in [0.1, 0.15) is 0 Å². The van der Waals surface area contributed by atoms with Gasteiger partial charge in [-0.25, -0.2) is 0 Å². The van der Waals surface area contributed by atoms with Gasteiger partial charge in [-0.2, -0.15) is 0 Å². The molecule has 0 spiro atoms. The number of anilines is 1. The lowest BCUT2D eigenvalue weighted by atomic mass is 10.1. The third-order valence-corrected chi connectivity index (χ3v) is 3.61. The van der Waals surface area contributed by atoms with Crippen molar-refractivity contribution in [1.29, 1.82) is 0 Å². The Balaban J connectivity index is 2.23. The van der Waals surface area contributed by atoms with E-state index in [9.17, 15) is 0 Å². The molecule has 1 aliphatic rings. The van der Waals surface area contributed by atoms with Gasteiger partial charge in [-0.05, 0) is 50.5 Å². The highest BCUT2D eigenvalue weighted by Gasteiger charge is 2.17. The van der Waals surface area contributed by atoms with E-state index in [1.165, 1.54) is 42.6 Å². The van der Waals surface area contributed by atoms with E-state index < -0.39 is 0 Å². The van der Waals surface area contributed by atoms with Crippen LogP contribution in [0.2, 0.25) is 0 Å². The van der Waals surface area contributed by atoms with Gasteiger partial charge in [-0.15, -0.1) is 0 Å². The normalized spacial score (nSPS) is 15.8. The van der Waals surface area contributed by atoms with Crippen LogP contribution < -0.4 is 4.90 Å². The predicted octanol–water partition coefficient (Wildman–Crippen LogP) is 3.45. The minimum absolute atomic E-state index is 1.09. The number of benzene rings is 1. The van der Waals surface area contributed by atoms with E-state index in [0.29, 0.717) is 0 Å². The molecule has 0 atom stereocenters. The van der Waals surface area contributed by atoms with Crippen LogP contribution in [0, 0.1) is 13.8 Å². The van der Waals surface area contributed by atoms with Gasteiger partial charge < -0.3 is 4.90 Å². The summed E-state index contributed by atoms with van der Waals surface area (Å²) in [7, 11) is 0. The number of fused-ring (bicyclic) bond motifs is 1. The van der Waals surface area contributed by atoms with Gasteiger partial charge in [-0.1, -0.05) is 6.07 Å². The lowest BCUT2D eigenvalue weighted by Gasteiger charge is -2.22. The molecule has 1 fully saturated rings. The number of aromatic nitrogens is 1. The van der Waals surface area contributed by atoms with Crippen LogP contribution in [-0.4, -0.2) is 18.1 Å². The van der Waals surface area contributed by atoms with Crippen LogP contribution in [0.5, 0.6) is 0 Å². The van der Waals surface area contributed by atoms with Crippen LogP contribution in [0.4, 0.5) is 5.69 Å². The molecule has 0 amide bonds. The van der Waals surface area contributed by atoms with Crippen LogP contribution in [0.1, 0.15) is 24.1 Å². The van der Waals surface area contributed by atoms with Crippen molar-refractivity contribution < 1.29 is 0 Å². The molecule has 0 N–H and O–H groups in total. The standard InChI is InChI=1S/C15H18N2/c1-11-5-8-14-13(7-6-12(2)16-14)15(11)17-9-3-4-10-17/h5-8H,3-4,9-10H2,1-2H3. The second-order valence-electron chi connectivity index (χ2n) is 4.94. The molecular formula is C15H18N2. The van der Waals surface area contributed by atoms with Crippen molar-refractivity contribution in [2.24, 2.45) is 0 Å². The van der Waals surface area contributed by atoms with E-state index in [1.807, 2.05) is 0 Å². The molecule has 0 unspecified atom stereocenters. The van der Waals surface area contributed by atoms with Crippen LogP contribution in [0.3, 0.4) is 0 Å². The van der Waals surface area contributed by atoms with Gasteiger partial charge >= 0.3 is 0 Å². The molecule has 0 radical (unpaired) electrons. The summed E-state index contributed by atoms with van der Waals surface area (Å²) in [5.74, 6) is 0. The Labute approximate surface area is 102 Å². The quantitative estimate of drug-likeness (QED) is 0.740. The number of nitrogens with zero attached hydrogens (tertiary/aromatic N) is 2. The van der Waals surface area contributed by atoms with Crippen LogP contribution in [-0.2, 0) is 0 Å². The van der Waals surface area contributed by atoms with E-state index >= 15 is 0 Å². The molecule has 2 heteroatoms. The first-order valence-corrected chi connectivity index (χ1v) is 6.37. The number of pyridine rings is 1. The minimum atomic E-state index is 1.09. The lowest BCUT2D eigenvalue weighted by molar-refractivity contribution is 0.949. The smallest absolute Gasteiger partial charge is 0.0726 e. The highest BCUT2D eigenvalue weighted by atomic mass is 15.1. The SMILES string of the molecule is Cc1ccc2c(N3CCCC3)c(C)ccc2n1. The van der Waals surface area contributed by atoms with Crippen molar-refractivity contribution in [2.45, 2.75) is 26.7 Å². The molecule has 2 heterocycles. The Hall–Kier alpha value is -1.57. The van der Waals surface area contributed by atoms with Gasteiger partial charge in [0.25, 0.3) is 0 Å². The Kier molecular flexibility index (Phi) is 2.50. The van der Waals surface area contributed by atoms with Crippen LogP contribution >= 0.6 is 0 Å². The molecule has 1 saturated heterocycles. The third-order valence-electron chi connectivity index (χ3n) is 3.61.